The fourth-order valence-electron chi connectivity index (χ4n) is 2.40. The van der Waals surface area contributed by atoms with Crippen LogP contribution < -0.4 is 16.0 Å². The van der Waals surface area contributed by atoms with Gasteiger partial charge in [0.05, 0.1) is 11.6 Å². The molecule has 18 heavy (non-hydrogen) atoms. The van der Waals surface area contributed by atoms with Gasteiger partial charge in [-0.2, -0.15) is 0 Å². The van der Waals surface area contributed by atoms with Crippen molar-refractivity contribution in [3.63, 3.8) is 0 Å². The Morgan fingerprint density at radius 3 is 3.22 bits per heavy atom. The molecule has 0 bridgehead atoms. The highest BCUT2D eigenvalue weighted by Crippen LogP contribution is 2.23. The van der Waals surface area contributed by atoms with E-state index in [1.165, 1.54) is 0 Å². The van der Waals surface area contributed by atoms with E-state index in [9.17, 15) is 4.79 Å². The maximum atomic E-state index is 11.7. The van der Waals surface area contributed by atoms with Crippen molar-refractivity contribution in [1.82, 2.24) is 10.3 Å². The van der Waals surface area contributed by atoms with Crippen molar-refractivity contribution in [1.29, 1.82) is 0 Å². The highest BCUT2D eigenvalue weighted by Gasteiger charge is 2.25. The first-order valence-electron chi connectivity index (χ1n) is 6.36. The SMILES string of the molecule is CNC(=O)C1CCCN(c2ccnc(CN)c2)C1. The number of hydrogen-bond acceptors (Lipinski definition) is 4. The molecule has 1 atom stereocenters. The molecular formula is C13H20N4O. The Morgan fingerprint density at radius 1 is 1.67 bits per heavy atom. The van der Waals surface area contributed by atoms with E-state index >= 15 is 0 Å². The van der Waals surface area contributed by atoms with E-state index in [0.29, 0.717) is 6.54 Å². The molecule has 1 unspecified atom stereocenters. The number of carbonyl (C=O) groups is 1. The van der Waals surface area contributed by atoms with Crippen molar-refractivity contribution < 1.29 is 4.79 Å². The van der Waals surface area contributed by atoms with Crippen LogP contribution in [0.3, 0.4) is 0 Å². The Hall–Kier alpha value is -1.62. The lowest BCUT2D eigenvalue weighted by molar-refractivity contribution is -0.124. The first-order valence-corrected chi connectivity index (χ1v) is 6.36. The molecule has 1 fully saturated rings. The third-order valence-corrected chi connectivity index (χ3v) is 3.41. The van der Waals surface area contributed by atoms with E-state index in [1.807, 2.05) is 12.1 Å². The van der Waals surface area contributed by atoms with Crippen molar-refractivity contribution in [2.75, 3.05) is 25.0 Å². The van der Waals surface area contributed by atoms with Gasteiger partial charge < -0.3 is 16.0 Å². The largest absolute Gasteiger partial charge is 0.371 e. The van der Waals surface area contributed by atoms with Crippen molar-refractivity contribution in [3.05, 3.63) is 24.0 Å². The molecule has 3 N–H and O–H groups in total. The zero-order chi connectivity index (χ0) is 13.0. The second kappa shape index (κ2) is 5.82. The van der Waals surface area contributed by atoms with Gasteiger partial charge in [-0.05, 0) is 25.0 Å². The molecule has 1 amide bonds. The lowest BCUT2D eigenvalue weighted by Crippen LogP contribution is -2.42. The molecule has 0 aromatic carbocycles. The Labute approximate surface area is 107 Å². The summed E-state index contributed by atoms with van der Waals surface area (Å²) in [6.07, 6.45) is 3.78. The zero-order valence-corrected chi connectivity index (χ0v) is 10.7. The minimum absolute atomic E-state index is 0.0817. The number of piperidine rings is 1. The number of amides is 1. The van der Waals surface area contributed by atoms with Gasteiger partial charge in [-0.25, -0.2) is 0 Å². The number of aromatic nitrogens is 1. The fraction of sp³-hybridized carbons (Fsp3) is 0.538. The monoisotopic (exact) mass is 248 g/mol. The molecular weight excluding hydrogens is 228 g/mol. The van der Waals surface area contributed by atoms with E-state index in [4.69, 9.17) is 5.73 Å². The summed E-state index contributed by atoms with van der Waals surface area (Å²) in [6.45, 7) is 2.20. The lowest BCUT2D eigenvalue weighted by atomic mass is 9.97. The molecule has 1 aliphatic rings. The molecule has 1 aromatic rings. The molecule has 2 rings (SSSR count). The standard InChI is InChI=1S/C13H20N4O/c1-15-13(18)10-3-2-6-17(9-10)12-4-5-16-11(7-12)8-14/h4-5,7,10H,2-3,6,8-9,14H2,1H3,(H,15,18). The van der Waals surface area contributed by atoms with Crippen LogP contribution in [-0.2, 0) is 11.3 Å². The van der Waals surface area contributed by atoms with Crippen LogP contribution in [0.1, 0.15) is 18.5 Å². The third kappa shape index (κ3) is 2.79. The van der Waals surface area contributed by atoms with Gasteiger partial charge in [-0.15, -0.1) is 0 Å². The number of hydrogen-bond donors (Lipinski definition) is 2. The summed E-state index contributed by atoms with van der Waals surface area (Å²) >= 11 is 0. The van der Waals surface area contributed by atoms with Gasteiger partial charge in [0.1, 0.15) is 0 Å². The van der Waals surface area contributed by atoms with Crippen LogP contribution in [0, 0.1) is 5.92 Å². The smallest absolute Gasteiger partial charge is 0.224 e. The molecule has 1 aliphatic heterocycles. The number of anilines is 1. The van der Waals surface area contributed by atoms with E-state index < -0.39 is 0 Å². The second-order valence-corrected chi connectivity index (χ2v) is 4.61. The van der Waals surface area contributed by atoms with Gasteiger partial charge in [-0.1, -0.05) is 0 Å². The molecule has 1 aromatic heterocycles. The Bertz CT molecular complexity index is 421. The zero-order valence-electron chi connectivity index (χ0n) is 10.7. The van der Waals surface area contributed by atoms with Crippen LogP contribution in [0.2, 0.25) is 0 Å². The summed E-state index contributed by atoms with van der Waals surface area (Å²) in [7, 11) is 1.69. The van der Waals surface area contributed by atoms with Gasteiger partial charge in [0.15, 0.2) is 0 Å². The van der Waals surface area contributed by atoms with E-state index in [0.717, 1.165) is 37.3 Å². The maximum Gasteiger partial charge on any atom is 0.224 e. The number of nitrogens with two attached hydrogens (primary N) is 1. The van der Waals surface area contributed by atoms with Crippen LogP contribution in [0.5, 0.6) is 0 Å². The lowest BCUT2D eigenvalue weighted by Gasteiger charge is -2.33. The van der Waals surface area contributed by atoms with Crippen LogP contribution in [-0.4, -0.2) is 31.0 Å². The van der Waals surface area contributed by atoms with E-state index in [2.05, 4.69) is 15.2 Å². The van der Waals surface area contributed by atoms with Crippen molar-refractivity contribution >= 4 is 11.6 Å². The minimum Gasteiger partial charge on any atom is -0.371 e. The number of rotatable bonds is 3. The Morgan fingerprint density at radius 2 is 2.50 bits per heavy atom. The minimum atomic E-state index is 0.0817. The quantitative estimate of drug-likeness (QED) is 0.817. The number of pyridine rings is 1. The van der Waals surface area contributed by atoms with Crippen LogP contribution in [0.4, 0.5) is 5.69 Å². The first kappa shape index (κ1) is 12.8. The van der Waals surface area contributed by atoms with Gasteiger partial charge in [0, 0.05) is 38.6 Å². The van der Waals surface area contributed by atoms with Gasteiger partial charge >= 0.3 is 0 Å². The van der Waals surface area contributed by atoms with Crippen molar-refractivity contribution in [2.45, 2.75) is 19.4 Å². The molecule has 0 radical (unpaired) electrons. The predicted molar refractivity (Wildman–Crippen MR) is 71.1 cm³/mol. The van der Waals surface area contributed by atoms with E-state index in [-0.39, 0.29) is 11.8 Å². The average molecular weight is 248 g/mol. The van der Waals surface area contributed by atoms with Crippen molar-refractivity contribution in [2.24, 2.45) is 11.7 Å². The molecule has 2 heterocycles. The summed E-state index contributed by atoms with van der Waals surface area (Å²) in [4.78, 5) is 18.1. The summed E-state index contributed by atoms with van der Waals surface area (Å²) in [5.74, 6) is 0.214. The van der Waals surface area contributed by atoms with Gasteiger partial charge in [-0.3, -0.25) is 9.78 Å². The van der Waals surface area contributed by atoms with E-state index in [1.54, 1.807) is 13.2 Å². The van der Waals surface area contributed by atoms with Crippen LogP contribution >= 0.6 is 0 Å². The average Bonchev–Trinajstić information content (AvgIpc) is 2.46. The second-order valence-electron chi connectivity index (χ2n) is 4.61. The van der Waals surface area contributed by atoms with Crippen LogP contribution in [0.15, 0.2) is 18.3 Å². The first-order chi connectivity index (χ1) is 8.74. The Balaban J connectivity index is 2.10. The van der Waals surface area contributed by atoms with Gasteiger partial charge in [0.2, 0.25) is 5.91 Å². The number of carbonyl (C=O) groups excluding carboxylic acids is 1. The Kier molecular flexibility index (Phi) is 4.15. The molecule has 0 aliphatic carbocycles. The maximum absolute atomic E-state index is 11.7. The highest BCUT2D eigenvalue weighted by molar-refractivity contribution is 5.79. The molecule has 5 heteroatoms. The summed E-state index contributed by atoms with van der Waals surface area (Å²) < 4.78 is 0. The fourth-order valence-corrected chi connectivity index (χ4v) is 2.40. The highest BCUT2D eigenvalue weighted by atomic mass is 16.1. The summed E-state index contributed by atoms with van der Waals surface area (Å²) in [6, 6.07) is 3.98. The van der Waals surface area contributed by atoms with Crippen molar-refractivity contribution in [3.8, 4) is 0 Å². The molecule has 0 spiro atoms. The predicted octanol–water partition coefficient (Wildman–Crippen LogP) is 0.503. The van der Waals surface area contributed by atoms with Gasteiger partial charge in [0.25, 0.3) is 0 Å². The molecule has 1 saturated heterocycles. The normalized spacial score (nSPS) is 19.7. The molecule has 5 nitrogen and oxygen atoms in total. The molecule has 0 saturated carbocycles. The number of nitrogens with one attached hydrogen (secondary N) is 1. The molecule has 98 valence electrons. The summed E-state index contributed by atoms with van der Waals surface area (Å²) in [5.41, 5.74) is 7.59. The number of nitrogens with zero attached hydrogens (tertiary/aromatic N) is 2. The van der Waals surface area contributed by atoms with Crippen LogP contribution in [0.25, 0.3) is 0 Å². The summed E-state index contributed by atoms with van der Waals surface area (Å²) in [5, 5.41) is 2.73. The third-order valence-electron chi connectivity index (χ3n) is 3.41. The topological polar surface area (TPSA) is 71.2 Å².